The third-order valence-electron chi connectivity index (χ3n) is 14.2. The Hall–Kier alpha value is -9.55. The monoisotopic (exact) mass is 1260 g/mol. The molecule has 90 heavy (non-hydrogen) atoms. The number of benzene rings is 4. The van der Waals surface area contributed by atoms with Gasteiger partial charge in [0.2, 0.25) is 47.3 Å². The van der Waals surface area contributed by atoms with E-state index in [1.807, 2.05) is 0 Å². The van der Waals surface area contributed by atoms with Crippen molar-refractivity contribution in [1.82, 2.24) is 42.5 Å². The minimum absolute atomic E-state index is 0.0252. The number of carbonyl (C=O) groups is 11. The van der Waals surface area contributed by atoms with Gasteiger partial charge in [0, 0.05) is 19.3 Å². The second kappa shape index (κ2) is 36.1. The zero-order valence-corrected chi connectivity index (χ0v) is 49.9. The van der Waals surface area contributed by atoms with E-state index in [0.29, 0.717) is 41.6 Å². The maximum absolute atomic E-state index is 14.2. The van der Waals surface area contributed by atoms with Crippen LogP contribution in [0.3, 0.4) is 0 Å². The summed E-state index contributed by atoms with van der Waals surface area (Å²) in [5.41, 5.74) is 20.8. The standard InChI is InChI=1S/C61H81N11O18/c1-32(2)26-45(55(82)67-44(60(87)88)6-4-5-25-62)68-52(79)33(3)65-58(85)48(30-73)71-57(84)47(29-36-11-21-41(76)22-12-36)70-54(81)43(23-24-50(77)78)66-59(86)49(31-74)72-56(83)46(28-35-9-19-40(75)20-10-35)69-53(80)42(63)27-34-7-13-37(14-8-34)38-15-17-39(18-16-38)51(64)61(89)90/h7-22,32-33,42-49,51,73-76H,4-6,23-31,62-64H2,1-3H3,(H,65,85)(H,66,86)(H,67,82)(H,68,79)(H,69,80)(H,70,81)(H,71,84)(H,72,83)(H,77,78)(H,87,88)(H,89,90)/t33-,42-,43-,44+,45-,46-,47-,48-,49-,51?/m1/s1. The SMILES string of the molecule is CC(C)C[C@@H](NC(=O)[C@@H](C)NC(=O)[C@@H](CO)NC(=O)[C@@H](Cc1ccc(O)cc1)NC(=O)[C@@H](CCC(=O)O)NC(=O)[C@@H](CO)NC(=O)[C@@H](Cc1ccc(O)cc1)NC(=O)[C@H](N)Cc1ccc(-c2ccc(C(N)C(=O)O)cc2)cc1)C(=O)N[C@@H](CCCCN)C(=O)O. The molecule has 10 atom stereocenters. The number of carbonyl (C=O) groups excluding carboxylic acids is 8. The molecule has 0 spiro atoms. The van der Waals surface area contributed by atoms with Crippen molar-refractivity contribution < 1.29 is 88.5 Å². The van der Waals surface area contributed by atoms with Crippen LogP contribution < -0.4 is 59.7 Å². The summed E-state index contributed by atoms with van der Waals surface area (Å²) in [5, 5.41) is 88.5. The van der Waals surface area contributed by atoms with E-state index in [2.05, 4.69) is 42.5 Å². The summed E-state index contributed by atoms with van der Waals surface area (Å²) in [6.07, 6.45) is -1.02. The molecule has 0 fully saturated rings. The van der Waals surface area contributed by atoms with E-state index in [1.54, 1.807) is 62.4 Å². The van der Waals surface area contributed by atoms with Gasteiger partial charge in [-0.2, -0.15) is 0 Å². The lowest BCUT2D eigenvalue weighted by atomic mass is 9.98. The molecule has 0 aliphatic rings. The first-order valence-corrected chi connectivity index (χ1v) is 28.9. The summed E-state index contributed by atoms with van der Waals surface area (Å²) in [6.45, 7) is 2.85. The maximum atomic E-state index is 14.2. The zero-order chi connectivity index (χ0) is 66.8. The van der Waals surface area contributed by atoms with E-state index in [9.17, 15) is 88.5 Å². The summed E-state index contributed by atoms with van der Waals surface area (Å²) in [6, 6.07) is 9.26. The molecule has 1 unspecified atom stereocenters. The minimum Gasteiger partial charge on any atom is -0.508 e. The van der Waals surface area contributed by atoms with Gasteiger partial charge in [-0.15, -0.1) is 0 Å². The number of nitrogens with one attached hydrogen (secondary N) is 8. The van der Waals surface area contributed by atoms with Gasteiger partial charge >= 0.3 is 17.9 Å². The van der Waals surface area contributed by atoms with Crippen LogP contribution in [0.15, 0.2) is 97.1 Å². The summed E-state index contributed by atoms with van der Waals surface area (Å²) < 4.78 is 0. The van der Waals surface area contributed by atoms with Crippen molar-refractivity contribution >= 4 is 65.2 Å². The molecule has 4 aromatic carbocycles. The van der Waals surface area contributed by atoms with Crippen molar-refractivity contribution in [3.63, 3.8) is 0 Å². The summed E-state index contributed by atoms with van der Waals surface area (Å²) in [5.74, 6) is -12.6. The fourth-order valence-electron chi connectivity index (χ4n) is 9.05. The number of phenols is 2. The minimum atomic E-state index is -1.88. The van der Waals surface area contributed by atoms with Crippen LogP contribution in [0.25, 0.3) is 11.1 Å². The molecule has 0 heterocycles. The molecule has 21 N–H and O–H groups in total. The number of phenolic OH excluding ortho intramolecular Hbond substituents is 2. The quantitative estimate of drug-likeness (QED) is 0.0222. The second-order valence-corrected chi connectivity index (χ2v) is 21.9. The molecule has 0 saturated heterocycles. The van der Waals surface area contributed by atoms with Gasteiger partial charge < -0.3 is 95.5 Å². The molecule has 0 radical (unpaired) electrons. The van der Waals surface area contributed by atoms with Gasteiger partial charge in [-0.3, -0.25) is 47.9 Å². The average molecular weight is 1260 g/mol. The number of carboxylic acids is 3. The molecule has 0 aliphatic carbocycles. The number of aliphatic hydroxyl groups is 2. The van der Waals surface area contributed by atoms with Crippen molar-refractivity contribution in [2.45, 2.75) is 139 Å². The number of amides is 8. The lowest BCUT2D eigenvalue weighted by Crippen LogP contribution is -2.61. The third-order valence-corrected chi connectivity index (χ3v) is 14.2. The van der Waals surface area contributed by atoms with Gasteiger partial charge in [0.15, 0.2) is 0 Å². The van der Waals surface area contributed by atoms with E-state index in [-0.39, 0.29) is 43.1 Å². The third kappa shape index (κ3) is 23.9. The highest BCUT2D eigenvalue weighted by atomic mass is 16.4. The number of hydrogen-bond acceptors (Lipinski definition) is 18. The smallest absolute Gasteiger partial charge is 0.326 e. The molecular weight excluding hydrogens is 1170 g/mol. The first-order valence-electron chi connectivity index (χ1n) is 28.9. The van der Waals surface area contributed by atoms with Crippen molar-refractivity contribution in [3.8, 4) is 22.6 Å². The molecule has 0 saturated carbocycles. The summed E-state index contributed by atoms with van der Waals surface area (Å²) in [7, 11) is 0. The van der Waals surface area contributed by atoms with Gasteiger partial charge in [0.05, 0.1) is 19.3 Å². The lowest BCUT2D eigenvalue weighted by Gasteiger charge is -2.27. The predicted molar refractivity (Wildman–Crippen MR) is 324 cm³/mol. The molecular formula is C61H81N11O18. The first-order chi connectivity index (χ1) is 42.6. The van der Waals surface area contributed by atoms with Crippen molar-refractivity contribution in [2.24, 2.45) is 23.1 Å². The number of unbranched alkanes of at least 4 members (excludes halogenated alkanes) is 1. The highest BCUT2D eigenvalue weighted by Gasteiger charge is 2.35. The zero-order valence-electron chi connectivity index (χ0n) is 49.9. The second-order valence-electron chi connectivity index (χ2n) is 21.9. The molecule has 0 bridgehead atoms. The van der Waals surface area contributed by atoms with Gasteiger partial charge in [0.25, 0.3) is 0 Å². The van der Waals surface area contributed by atoms with Crippen LogP contribution in [0, 0.1) is 5.92 Å². The molecule has 0 aromatic heterocycles. The maximum Gasteiger partial charge on any atom is 0.326 e. The number of nitrogens with two attached hydrogens (primary N) is 3. The van der Waals surface area contributed by atoms with Crippen LogP contribution in [0.1, 0.15) is 87.6 Å². The van der Waals surface area contributed by atoms with Crippen LogP contribution in [0.2, 0.25) is 0 Å². The van der Waals surface area contributed by atoms with Crippen LogP contribution in [-0.4, -0.2) is 175 Å². The largest absolute Gasteiger partial charge is 0.508 e. The number of aliphatic hydroxyl groups excluding tert-OH is 2. The van der Waals surface area contributed by atoms with Crippen LogP contribution in [-0.2, 0) is 72.0 Å². The van der Waals surface area contributed by atoms with Crippen LogP contribution in [0.5, 0.6) is 11.5 Å². The van der Waals surface area contributed by atoms with Crippen LogP contribution >= 0.6 is 0 Å². The van der Waals surface area contributed by atoms with Gasteiger partial charge in [-0.25, -0.2) is 4.79 Å². The van der Waals surface area contributed by atoms with E-state index < -0.39 is 158 Å². The number of rotatable bonds is 37. The Morgan fingerprint density at radius 2 is 0.811 bits per heavy atom. The predicted octanol–water partition coefficient (Wildman–Crippen LogP) is -1.79. The Labute approximate surface area is 518 Å². The number of aliphatic carboxylic acids is 3. The van der Waals surface area contributed by atoms with Crippen molar-refractivity contribution in [2.75, 3.05) is 19.8 Å². The average Bonchev–Trinajstić information content (AvgIpc) is 1.63. The van der Waals surface area contributed by atoms with E-state index in [1.165, 1.54) is 55.5 Å². The highest BCUT2D eigenvalue weighted by molar-refractivity contribution is 5.98. The number of aromatic hydroxyl groups is 2. The molecule has 8 amide bonds. The highest BCUT2D eigenvalue weighted by Crippen LogP contribution is 2.23. The fraction of sp³-hybridized carbons (Fsp3) is 0.426. The van der Waals surface area contributed by atoms with Gasteiger partial charge in [-0.1, -0.05) is 86.6 Å². The van der Waals surface area contributed by atoms with E-state index in [4.69, 9.17) is 17.2 Å². The van der Waals surface area contributed by atoms with Gasteiger partial charge in [0.1, 0.15) is 65.9 Å². The molecule has 29 heteroatoms. The Bertz CT molecular complexity index is 3100. The summed E-state index contributed by atoms with van der Waals surface area (Å²) in [4.78, 5) is 146. The number of hydrogen-bond donors (Lipinski definition) is 18. The molecule has 0 aliphatic heterocycles. The normalized spacial score (nSPS) is 14.5. The molecule has 488 valence electrons. The van der Waals surface area contributed by atoms with Gasteiger partial charge in [-0.05, 0) is 116 Å². The Balaban J connectivity index is 1.50. The molecule has 4 aromatic rings. The van der Waals surface area contributed by atoms with E-state index in [0.717, 1.165) is 11.1 Å². The van der Waals surface area contributed by atoms with Crippen LogP contribution in [0.4, 0.5) is 0 Å². The van der Waals surface area contributed by atoms with Crippen molar-refractivity contribution in [1.29, 1.82) is 0 Å². The topological polar surface area (TPSA) is 504 Å². The molecule has 4 rings (SSSR count). The Morgan fingerprint density at radius 3 is 1.27 bits per heavy atom. The van der Waals surface area contributed by atoms with Crippen molar-refractivity contribution in [3.05, 3.63) is 119 Å². The first kappa shape index (κ1) is 72.9. The fourth-order valence-corrected chi connectivity index (χ4v) is 9.05. The Morgan fingerprint density at radius 1 is 0.422 bits per heavy atom. The molecule has 29 nitrogen and oxygen atoms in total. The number of carboxylic acid groups (broad SMARTS) is 3. The lowest BCUT2D eigenvalue weighted by molar-refractivity contribution is -0.142. The Kier molecular flexibility index (Phi) is 29.2. The summed E-state index contributed by atoms with van der Waals surface area (Å²) >= 11 is 0. The van der Waals surface area contributed by atoms with E-state index >= 15 is 0 Å².